The van der Waals surface area contributed by atoms with E-state index < -0.39 is 0 Å². The topological polar surface area (TPSA) is 17.0 Å². The minimum atomic E-state index is 0.614. The van der Waals surface area contributed by atoms with Crippen LogP contribution in [0.1, 0.15) is 26.7 Å². The Labute approximate surface area is 118 Å². The van der Waals surface area contributed by atoms with Crippen LogP contribution in [0.2, 0.25) is 0 Å². The summed E-state index contributed by atoms with van der Waals surface area (Å²) in [4.78, 5) is 0. The molecule has 0 amide bonds. The van der Waals surface area contributed by atoms with Gasteiger partial charge in [0.1, 0.15) is 0 Å². The van der Waals surface area contributed by atoms with Crippen LogP contribution in [-0.4, -0.2) is 17.2 Å². The first kappa shape index (κ1) is 13.6. The Morgan fingerprint density at radius 2 is 2.17 bits per heavy atom. The van der Waals surface area contributed by atoms with Gasteiger partial charge in [-0.1, -0.05) is 35.3 Å². The molecule has 1 N–H and O–H groups in total. The summed E-state index contributed by atoms with van der Waals surface area (Å²) in [5.74, 6) is 0. The summed E-state index contributed by atoms with van der Waals surface area (Å²) >= 11 is 3.59. The first-order valence-corrected chi connectivity index (χ1v) is 7.48. The van der Waals surface area contributed by atoms with E-state index in [1.165, 1.54) is 28.2 Å². The van der Waals surface area contributed by atoms with Crippen LogP contribution in [0.4, 0.5) is 0 Å². The van der Waals surface area contributed by atoms with E-state index in [1.807, 2.05) is 0 Å². The standard InChI is InChI=1S/C15H21BrN2/c1-3-5-12(2)17-9-11-18-10-8-13-14(16)6-4-7-15(13)18/h4,6-8,10,12,17H,3,5,9,11H2,1-2H3. The highest BCUT2D eigenvalue weighted by molar-refractivity contribution is 9.10. The fourth-order valence-electron chi connectivity index (χ4n) is 2.35. The Hall–Kier alpha value is -0.800. The second kappa shape index (κ2) is 6.39. The van der Waals surface area contributed by atoms with Crippen LogP contribution in [0.5, 0.6) is 0 Å². The lowest BCUT2D eigenvalue weighted by Crippen LogP contribution is -2.29. The van der Waals surface area contributed by atoms with Gasteiger partial charge in [-0.2, -0.15) is 0 Å². The van der Waals surface area contributed by atoms with Crippen LogP contribution in [-0.2, 0) is 6.54 Å². The van der Waals surface area contributed by atoms with Gasteiger partial charge < -0.3 is 9.88 Å². The Morgan fingerprint density at radius 1 is 1.33 bits per heavy atom. The summed E-state index contributed by atoms with van der Waals surface area (Å²) in [7, 11) is 0. The van der Waals surface area contributed by atoms with Gasteiger partial charge in [0.25, 0.3) is 0 Å². The summed E-state index contributed by atoms with van der Waals surface area (Å²) in [6.45, 7) is 6.54. The summed E-state index contributed by atoms with van der Waals surface area (Å²) in [5, 5.41) is 4.86. The molecule has 0 bridgehead atoms. The minimum absolute atomic E-state index is 0.614. The van der Waals surface area contributed by atoms with Crippen LogP contribution >= 0.6 is 15.9 Å². The Bertz CT molecular complexity index is 504. The predicted molar refractivity (Wildman–Crippen MR) is 82.0 cm³/mol. The molecule has 0 fully saturated rings. The normalized spacial score (nSPS) is 13.1. The summed E-state index contributed by atoms with van der Waals surface area (Å²) in [5.41, 5.74) is 1.30. The van der Waals surface area contributed by atoms with Crippen molar-refractivity contribution in [2.24, 2.45) is 0 Å². The molecule has 0 saturated heterocycles. The van der Waals surface area contributed by atoms with Crippen LogP contribution in [0.25, 0.3) is 10.9 Å². The maximum atomic E-state index is 3.59. The molecular formula is C15H21BrN2. The van der Waals surface area contributed by atoms with Gasteiger partial charge in [0.05, 0.1) is 0 Å². The molecular weight excluding hydrogens is 288 g/mol. The molecule has 1 aromatic heterocycles. The third-order valence-electron chi connectivity index (χ3n) is 3.33. The number of halogens is 1. The van der Waals surface area contributed by atoms with Gasteiger partial charge >= 0.3 is 0 Å². The molecule has 0 saturated carbocycles. The maximum Gasteiger partial charge on any atom is 0.0492 e. The predicted octanol–water partition coefficient (Wildman–Crippen LogP) is 4.18. The van der Waals surface area contributed by atoms with Gasteiger partial charge in [0.15, 0.2) is 0 Å². The zero-order chi connectivity index (χ0) is 13.0. The van der Waals surface area contributed by atoms with Gasteiger partial charge in [-0.3, -0.25) is 0 Å². The first-order chi connectivity index (χ1) is 8.72. The number of fused-ring (bicyclic) bond motifs is 1. The van der Waals surface area contributed by atoms with E-state index in [1.54, 1.807) is 0 Å². The van der Waals surface area contributed by atoms with Gasteiger partial charge in [0, 0.05) is 40.7 Å². The van der Waals surface area contributed by atoms with Gasteiger partial charge in [-0.15, -0.1) is 0 Å². The van der Waals surface area contributed by atoms with E-state index in [9.17, 15) is 0 Å². The van der Waals surface area contributed by atoms with Crippen LogP contribution in [0.3, 0.4) is 0 Å². The molecule has 0 spiro atoms. The average molecular weight is 309 g/mol. The lowest BCUT2D eigenvalue weighted by Gasteiger charge is -2.13. The molecule has 3 heteroatoms. The van der Waals surface area contributed by atoms with E-state index in [0.717, 1.165) is 13.1 Å². The van der Waals surface area contributed by atoms with Crippen molar-refractivity contribution in [2.45, 2.75) is 39.3 Å². The second-order valence-electron chi connectivity index (χ2n) is 4.83. The second-order valence-corrected chi connectivity index (χ2v) is 5.68. The molecule has 0 aliphatic heterocycles. The number of aromatic nitrogens is 1. The van der Waals surface area contributed by atoms with E-state index in [-0.39, 0.29) is 0 Å². The van der Waals surface area contributed by atoms with Crippen molar-refractivity contribution in [3.63, 3.8) is 0 Å². The van der Waals surface area contributed by atoms with E-state index in [2.05, 4.69) is 70.1 Å². The largest absolute Gasteiger partial charge is 0.346 e. The van der Waals surface area contributed by atoms with Crippen molar-refractivity contribution in [3.05, 3.63) is 34.9 Å². The zero-order valence-corrected chi connectivity index (χ0v) is 12.7. The monoisotopic (exact) mass is 308 g/mol. The van der Waals surface area contributed by atoms with Crippen LogP contribution < -0.4 is 5.32 Å². The zero-order valence-electron chi connectivity index (χ0n) is 11.1. The average Bonchev–Trinajstić information content (AvgIpc) is 2.75. The van der Waals surface area contributed by atoms with E-state index >= 15 is 0 Å². The number of nitrogens with zero attached hydrogens (tertiary/aromatic N) is 1. The maximum absolute atomic E-state index is 3.59. The Kier molecular flexibility index (Phi) is 4.84. The molecule has 1 unspecified atom stereocenters. The lowest BCUT2D eigenvalue weighted by atomic mass is 10.2. The van der Waals surface area contributed by atoms with Gasteiger partial charge in [-0.25, -0.2) is 0 Å². The molecule has 2 aromatic rings. The molecule has 1 heterocycles. The molecule has 2 rings (SSSR count). The lowest BCUT2D eigenvalue weighted by molar-refractivity contribution is 0.489. The van der Waals surface area contributed by atoms with Crippen molar-refractivity contribution < 1.29 is 0 Å². The third-order valence-corrected chi connectivity index (χ3v) is 4.02. The summed E-state index contributed by atoms with van der Waals surface area (Å²) < 4.78 is 3.48. The van der Waals surface area contributed by atoms with E-state index in [0.29, 0.717) is 6.04 Å². The third kappa shape index (κ3) is 3.15. The molecule has 98 valence electrons. The first-order valence-electron chi connectivity index (χ1n) is 6.69. The fourth-order valence-corrected chi connectivity index (χ4v) is 2.84. The summed E-state index contributed by atoms with van der Waals surface area (Å²) in [6, 6.07) is 9.15. The fraction of sp³-hybridized carbons (Fsp3) is 0.467. The van der Waals surface area contributed by atoms with Crippen molar-refractivity contribution in [1.29, 1.82) is 0 Å². The number of hydrogen-bond acceptors (Lipinski definition) is 1. The van der Waals surface area contributed by atoms with Crippen molar-refractivity contribution in [1.82, 2.24) is 9.88 Å². The smallest absolute Gasteiger partial charge is 0.0492 e. The van der Waals surface area contributed by atoms with Crippen LogP contribution in [0, 0.1) is 0 Å². The quantitative estimate of drug-likeness (QED) is 0.847. The molecule has 18 heavy (non-hydrogen) atoms. The number of hydrogen-bond donors (Lipinski definition) is 1. The van der Waals surface area contributed by atoms with Gasteiger partial charge in [-0.05, 0) is 31.5 Å². The highest BCUT2D eigenvalue weighted by Crippen LogP contribution is 2.24. The highest BCUT2D eigenvalue weighted by Gasteiger charge is 2.04. The Morgan fingerprint density at radius 3 is 2.94 bits per heavy atom. The van der Waals surface area contributed by atoms with Crippen molar-refractivity contribution in [2.75, 3.05) is 6.54 Å². The molecule has 1 atom stereocenters. The van der Waals surface area contributed by atoms with Crippen molar-refractivity contribution >= 4 is 26.8 Å². The molecule has 1 aromatic carbocycles. The minimum Gasteiger partial charge on any atom is -0.346 e. The van der Waals surface area contributed by atoms with Crippen LogP contribution in [0.15, 0.2) is 34.9 Å². The Balaban J connectivity index is 1.98. The van der Waals surface area contributed by atoms with E-state index in [4.69, 9.17) is 0 Å². The molecule has 0 aliphatic carbocycles. The summed E-state index contributed by atoms with van der Waals surface area (Å²) in [6.07, 6.45) is 4.66. The van der Waals surface area contributed by atoms with Gasteiger partial charge in [0.2, 0.25) is 0 Å². The molecule has 2 nitrogen and oxygen atoms in total. The molecule has 0 radical (unpaired) electrons. The molecule has 0 aliphatic rings. The number of nitrogens with one attached hydrogen (secondary N) is 1. The highest BCUT2D eigenvalue weighted by atomic mass is 79.9. The number of benzene rings is 1. The van der Waals surface area contributed by atoms with Crippen molar-refractivity contribution in [3.8, 4) is 0 Å². The SMILES string of the molecule is CCCC(C)NCCn1ccc2c(Br)cccc21. The number of rotatable bonds is 6.